The Hall–Kier alpha value is -1.92. The molecule has 0 radical (unpaired) electrons. The fraction of sp³-hybridized carbons (Fsp3) is 0.462. The van der Waals surface area contributed by atoms with E-state index in [0.29, 0.717) is 12.3 Å². The molecule has 1 aromatic rings. The molecule has 0 bridgehead atoms. The largest absolute Gasteiger partial charge is 0.477 e. The number of carbonyl (C=O) groups excluding carboxylic acids is 1. The Bertz CT molecular complexity index is 477. The molecule has 4 nitrogen and oxygen atoms in total. The van der Waals surface area contributed by atoms with Crippen molar-refractivity contribution in [3.8, 4) is 5.75 Å². The van der Waals surface area contributed by atoms with Crippen molar-refractivity contribution < 1.29 is 22.7 Å². The molecule has 7 heteroatoms. The quantitative estimate of drug-likeness (QED) is 0.836. The molecule has 1 aliphatic heterocycles. The highest BCUT2D eigenvalue weighted by Crippen LogP contribution is 2.28. The third-order valence-corrected chi connectivity index (χ3v) is 2.86. The highest BCUT2D eigenvalue weighted by molar-refractivity contribution is 5.83. The van der Waals surface area contributed by atoms with Crippen molar-refractivity contribution in [3.63, 3.8) is 0 Å². The van der Waals surface area contributed by atoms with Gasteiger partial charge >= 0.3 is 6.18 Å². The van der Waals surface area contributed by atoms with E-state index in [-0.39, 0.29) is 13.0 Å². The van der Waals surface area contributed by atoms with Gasteiger partial charge in [-0.05, 0) is 18.6 Å². The minimum atomic E-state index is -4.19. The van der Waals surface area contributed by atoms with Gasteiger partial charge in [0.1, 0.15) is 5.75 Å². The predicted molar refractivity (Wildman–Crippen MR) is 67.6 cm³/mol. The first-order valence-corrected chi connectivity index (χ1v) is 6.30. The van der Waals surface area contributed by atoms with Crippen LogP contribution in [0.3, 0.4) is 0 Å². The zero-order chi connectivity index (χ0) is 14.6. The van der Waals surface area contributed by atoms with Gasteiger partial charge in [0.15, 0.2) is 6.10 Å². The molecule has 0 aromatic heterocycles. The van der Waals surface area contributed by atoms with Crippen LogP contribution in [0, 0.1) is 0 Å². The molecule has 20 heavy (non-hydrogen) atoms. The first kappa shape index (κ1) is 14.5. The van der Waals surface area contributed by atoms with Crippen LogP contribution in [-0.2, 0) is 4.79 Å². The van der Waals surface area contributed by atoms with E-state index < -0.39 is 24.6 Å². The van der Waals surface area contributed by atoms with E-state index in [1.54, 1.807) is 12.1 Å². The van der Waals surface area contributed by atoms with E-state index in [2.05, 4.69) is 10.6 Å². The van der Waals surface area contributed by atoms with E-state index >= 15 is 0 Å². The molecule has 1 aliphatic rings. The predicted octanol–water partition coefficient (Wildman–Crippen LogP) is 2.32. The number of para-hydroxylation sites is 2. The summed E-state index contributed by atoms with van der Waals surface area (Å²) in [6.45, 7) is 0.280. The maximum absolute atomic E-state index is 12.0. The summed E-state index contributed by atoms with van der Waals surface area (Å²) in [6.07, 6.45) is -5.95. The molecular weight excluding hydrogens is 273 g/mol. The number of hydrogen-bond acceptors (Lipinski definition) is 3. The topological polar surface area (TPSA) is 50.4 Å². The number of halogens is 3. The summed E-state index contributed by atoms with van der Waals surface area (Å²) in [4.78, 5) is 11.8. The minimum Gasteiger partial charge on any atom is -0.477 e. The molecular formula is C13H15F3N2O2. The van der Waals surface area contributed by atoms with E-state index in [0.717, 1.165) is 5.69 Å². The van der Waals surface area contributed by atoms with Gasteiger partial charge in [0, 0.05) is 13.0 Å². The Morgan fingerprint density at radius 2 is 2.15 bits per heavy atom. The second kappa shape index (κ2) is 6.02. The third-order valence-electron chi connectivity index (χ3n) is 2.86. The number of hydrogen-bond donors (Lipinski definition) is 2. The average Bonchev–Trinajstić information content (AvgIpc) is 2.42. The number of nitrogens with one attached hydrogen (secondary N) is 2. The van der Waals surface area contributed by atoms with Crippen molar-refractivity contribution in [2.75, 3.05) is 18.4 Å². The van der Waals surface area contributed by atoms with Crippen LogP contribution in [0.25, 0.3) is 0 Å². The fourth-order valence-corrected chi connectivity index (χ4v) is 1.87. The lowest BCUT2D eigenvalue weighted by atomic mass is 10.2. The Labute approximate surface area is 114 Å². The van der Waals surface area contributed by atoms with Gasteiger partial charge in [0.25, 0.3) is 5.91 Å². The van der Waals surface area contributed by atoms with E-state index in [9.17, 15) is 18.0 Å². The van der Waals surface area contributed by atoms with Gasteiger partial charge in [-0.1, -0.05) is 12.1 Å². The van der Waals surface area contributed by atoms with Crippen LogP contribution in [0.5, 0.6) is 5.75 Å². The lowest BCUT2D eigenvalue weighted by molar-refractivity contribution is -0.137. The van der Waals surface area contributed by atoms with Crippen molar-refractivity contribution in [1.29, 1.82) is 0 Å². The number of benzene rings is 1. The van der Waals surface area contributed by atoms with Gasteiger partial charge in [-0.2, -0.15) is 13.2 Å². The van der Waals surface area contributed by atoms with Gasteiger partial charge in [-0.3, -0.25) is 4.79 Å². The average molecular weight is 288 g/mol. The molecule has 1 heterocycles. The van der Waals surface area contributed by atoms with Crippen molar-refractivity contribution in [1.82, 2.24) is 5.32 Å². The zero-order valence-corrected chi connectivity index (χ0v) is 10.7. The van der Waals surface area contributed by atoms with Crippen LogP contribution in [0.1, 0.15) is 12.8 Å². The van der Waals surface area contributed by atoms with Gasteiger partial charge in [-0.15, -0.1) is 0 Å². The summed E-state index contributed by atoms with van der Waals surface area (Å²) >= 11 is 0. The molecule has 0 spiro atoms. The van der Waals surface area contributed by atoms with Crippen LogP contribution in [-0.4, -0.2) is 31.3 Å². The van der Waals surface area contributed by atoms with Crippen molar-refractivity contribution in [2.24, 2.45) is 0 Å². The van der Waals surface area contributed by atoms with Gasteiger partial charge in [0.05, 0.1) is 12.2 Å². The van der Waals surface area contributed by atoms with Crippen molar-refractivity contribution >= 4 is 11.6 Å². The first-order chi connectivity index (χ1) is 9.46. The van der Waals surface area contributed by atoms with E-state index in [1.165, 1.54) is 0 Å². The second-order valence-electron chi connectivity index (χ2n) is 4.49. The molecule has 1 unspecified atom stereocenters. The number of alkyl halides is 3. The van der Waals surface area contributed by atoms with Gasteiger partial charge in [0.2, 0.25) is 0 Å². The minimum absolute atomic E-state index is 0.0140. The molecule has 2 rings (SSSR count). The number of ether oxygens (including phenoxy) is 1. The summed E-state index contributed by atoms with van der Waals surface area (Å²) in [7, 11) is 0. The standard InChI is InChI=1S/C13H15F3N2O2/c14-13(15,16)6-3-7-17-12(19)11-8-18-9-4-1-2-5-10(9)20-11/h1-2,4-5,11,18H,3,6-8H2,(H,17,19). The molecule has 0 fully saturated rings. The summed E-state index contributed by atoms with van der Waals surface area (Å²) < 4.78 is 41.4. The Kier molecular flexibility index (Phi) is 4.36. The molecule has 1 aromatic carbocycles. The number of anilines is 1. The third kappa shape index (κ3) is 4.04. The molecule has 2 N–H and O–H groups in total. The van der Waals surface area contributed by atoms with E-state index in [1.807, 2.05) is 12.1 Å². The highest BCUT2D eigenvalue weighted by atomic mass is 19.4. The van der Waals surface area contributed by atoms with Crippen molar-refractivity contribution in [2.45, 2.75) is 25.1 Å². The van der Waals surface area contributed by atoms with Crippen molar-refractivity contribution in [3.05, 3.63) is 24.3 Å². The lowest BCUT2D eigenvalue weighted by Gasteiger charge is -2.26. The summed E-state index contributed by atoms with van der Waals surface area (Å²) in [5, 5.41) is 5.49. The fourth-order valence-electron chi connectivity index (χ4n) is 1.87. The first-order valence-electron chi connectivity index (χ1n) is 6.30. The normalized spacial score (nSPS) is 17.6. The molecule has 1 atom stereocenters. The molecule has 110 valence electrons. The zero-order valence-electron chi connectivity index (χ0n) is 10.7. The van der Waals surface area contributed by atoms with Crippen LogP contribution in [0.15, 0.2) is 24.3 Å². The summed E-state index contributed by atoms with van der Waals surface area (Å²) in [5.74, 6) is 0.156. The second-order valence-corrected chi connectivity index (χ2v) is 4.49. The SMILES string of the molecule is O=C(NCCCC(F)(F)F)C1CNc2ccccc2O1. The van der Waals surface area contributed by atoms with Gasteiger partial charge < -0.3 is 15.4 Å². The molecule has 0 saturated heterocycles. The number of rotatable bonds is 4. The maximum atomic E-state index is 12.0. The van der Waals surface area contributed by atoms with Gasteiger partial charge in [-0.25, -0.2) is 0 Å². The number of carbonyl (C=O) groups is 1. The highest BCUT2D eigenvalue weighted by Gasteiger charge is 2.27. The molecule has 1 amide bonds. The van der Waals surface area contributed by atoms with Crippen LogP contribution in [0.2, 0.25) is 0 Å². The van der Waals surface area contributed by atoms with E-state index in [4.69, 9.17) is 4.74 Å². The summed E-state index contributed by atoms with van der Waals surface area (Å²) in [6, 6.07) is 7.18. The number of fused-ring (bicyclic) bond motifs is 1. The monoisotopic (exact) mass is 288 g/mol. The Balaban J connectivity index is 1.77. The maximum Gasteiger partial charge on any atom is 0.389 e. The molecule has 0 aliphatic carbocycles. The summed E-state index contributed by atoms with van der Waals surface area (Å²) in [5.41, 5.74) is 0.800. The Morgan fingerprint density at radius 3 is 2.90 bits per heavy atom. The van der Waals surface area contributed by atoms with Crippen LogP contribution < -0.4 is 15.4 Å². The van der Waals surface area contributed by atoms with Crippen LogP contribution >= 0.6 is 0 Å². The lowest BCUT2D eigenvalue weighted by Crippen LogP contribution is -2.45. The molecule has 0 saturated carbocycles. The van der Waals surface area contributed by atoms with Crippen LogP contribution in [0.4, 0.5) is 18.9 Å². The number of amides is 1. The smallest absolute Gasteiger partial charge is 0.389 e. The Morgan fingerprint density at radius 1 is 1.40 bits per heavy atom.